The number of aromatic nitrogens is 1. The molecule has 2 atom stereocenters. The van der Waals surface area contributed by atoms with Crippen molar-refractivity contribution in [1.29, 1.82) is 0 Å². The summed E-state index contributed by atoms with van der Waals surface area (Å²) in [5, 5.41) is 2.42. The number of halogens is 2. The van der Waals surface area contributed by atoms with Gasteiger partial charge in [0.2, 0.25) is 5.91 Å². The number of carbonyl (C=O) groups is 2. The molecule has 1 saturated heterocycles. The number of hydrogen-bond acceptors (Lipinski definition) is 6. The van der Waals surface area contributed by atoms with Gasteiger partial charge in [0.15, 0.2) is 0 Å². The fourth-order valence-corrected chi connectivity index (χ4v) is 6.98. The summed E-state index contributed by atoms with van der Waals surface area (Å²) >= 11 is 1.44. The van der Waals surface area contributed by atoms with E-state index in [2.05, 4.69) is 10.3 Å². The highest BCUT2D eigenvalue weighted by Gasteiger charge is 2.37. The van der Waals surface area contributed by atoms with Crippen molar-refractivity contribution in [2.24, 2.45) is 0 Å². The van der Waals surface area contributed by atoms with Gasteiger partial charge in [-0.05, 0) is 54.3 Å². The molecule has 0 aliphatic carbocycles. The molecule has 9 nitrogen and oxygen atoms in total. The number of urea groups is 1. The summed E-state index contributed by atoms with van der Waals surface area (Å²) in [6, 6.07) is 14.2. The normalized spacial score (nSPS) is 16.4. The number of rotatable bonds is 8. The Labute approximate surface area is 240 Å². The molecule has 5 rings (SSSR count). The predicted molar refractivity (Wildman–Crippen MR) is 153 cm³/mol. The van der Waals surface area contributed by atoms with Gasteiger partial charge in [-0.1, -0.05) is 30.3 Å². The lowest BCUT2D eigenvalue weighted by molar-refractivity contribution is -0.120. The van der Waals surface area contributed by atoms with E-state index in [4.69, 9.17) is 0 Å². The van der Waals surface area contributed by atoms with Crippen LogP contribution in [0.4, 0.5) is 19.3 Å². The summed E-state index contributed by atoms with van der Waals surface area (Å²) in [5.74, 6) is -2.32. The number of benzene rings is 3. The molecule has 1 aliphatic rings. The number of thiazole rings is 1. The Hall–Kier alpha value is -3.94. The lowest BCUT2D eigenvalue weighted by atomic mass is 10.0. The maximum atomic E-state index is 13.9. The number of hydrogen-bond donors (Lipinski definition) is 2. The zero-order chi connectivity index (χ0) is 29.1. The van der Waals surface area contributed by atoms with E-state index in [1.165, 1.54) is 27.6 Å². The third kappa shape index (κ3) is 6.53. The highest BCUT2D eigenvalue weighted by atomic mass is 32.2. The number of amides is 3. The number of nitrogens with zero attached hydrogens (tertiary/aromatic N) is 3. The van der Waals surface area contributed by atoms with Crippen molar-refractivity contribution >= 4 is 49.4 Å². The van der Waals surface area contributed by atoms with Crippen LogP contribution in [0, 0.1) is 11.6 Å². The zero-order valence-corrected chi connectivity index (χ0v) is 23.6. The molecule has 0 saturated carbocycles. The number of anilines is 1. The Bertz CT molecular complexity index is 1660. The Balaban J connectivity index is 1.37. The first-order valence-electron chi connectivity index (χ1n) is 12.8. The summed E-state index contributed by atoms with van der Waals surface area (Å²) in [7, 11) is -2.80. The SMILES string of the molecule is CN(C(=O)[C@H](Cc1cc(F)cc(F)c1)NC(=O)NS(=O)(=O)N1CCCC1c1ccccc1)c1ccc2scnc2c1. The molecule has 1 fully saturated rings. The molecule has 2 N–H and O–H groups in total. The highest BCUT2D eigenvalue weighted by molar-refractivity contribution is 7.87. The van der Waals surface area contributed by atoms with Gasteiger partial charge in [0, 0.05) is 31.8 Å². The van der Waals surface area contributed by atoms with Crippen LogP contribution in [0.1, 0.15) is 30.0 Å². The lowest BCUT2D eigenvalue weighted by Gasteiger charge is -2.27. The van der Waals surface area contributed by atoms with E-state index < -0.39 is 45.9 Å². The third-order valence-electron chi connectivity index (χ3n) is 6.92. The maximum absolute atomic E-state index is 13.9. The van der Waals surface area contributed by atoms with E-state index >= 15 is 0 Å². The van der Waals surface area contributed by atoms with Gasteiger partial charge in [0.25, 0.3) is 0 Å². The first kappa shape index (κ1) is 28.6. The van der Waals surface area contributed by atoms with Crippen LogP contribution in [0.15, 0.2) is 72.2 Å². The molecule has 0 radical (unpaired) electrons. The van der Waals surface area contributed by atoms with Gasteiger partial charge in [-0.3, -0.25) is 4.79 Å². The molecule has 214 valence electrons. The molecule has 1 aromatic heterocycles. The summed E-state index contributed by atoms with van der Waals surface area (Å²) in [4.78, 5) is 32.2. The molecule has 0 spiro atoms. The Morgan fingerprint density at radius 2 is 1.83 bits per heavy atom. The fourth-order valence-electron chi connectivity index (χ4n) is 4.98. The van der Waals surface area contributed by atoms with Crippen molar-refractivity contribution < 1.29 is 26.8 Å². The summed E-state index contributed by atoms with van der Waals surface area (Å²) in [6.07, 6.45) is 0.913. The number of carbonyl (C=O) groups excluding carboxylic acids is 2. The minimum Gasteiger partial charge on any atom is -0.325 e. The van der Waals surface area contributed by atoms with Gasteiger partial charge >= 0.3 is 16.2 Å². The van der Waals surface area contributed by atoms with Crippen LogP contribution in [0.5, 0.6) is 0 Å². The molecule has 0 bridgehead atoms. The Kier molecular flexibility index (Phi) is 8.29. The van der Waals surface area contributed by atoms with Gasteiger partial charge in [-0.2, -0.15) is 12.7 Å². The second-order valence-corrected chi connectivity index (χ2v) is 12.2. The van der Waals surface area contributed by atoms with Crippen molar-refractivity contribution in [2.45, 2.75) is 31.3 Å². The second kappa shape index (κ2) is 11.9. The lowest BCUT2D eigenvalue weighted by Crippen LogP contribution is -2.54. The summed E-state index contributed by atoms with van der Waals surface area (Å²) < 4.78 is 58.5. The minimum atomic E-state index is -4.29. The summed E-state index contributed by atoms with van der Waals surface area (Å²) in [5.41, 5.74) is 3.73. The average Bonchev–Trinajstić information content (AvgIpc) is 3.61. The topological polar surface area (TPSA) is 112 Å². The molecule has 13 heteroatoms. The van der Waals surface area contributed by atoms with Crippen LogP contribution >= 0.6 is 11.3 Å². The molecule has 2 heterocycles. The number of likely N-dealkylation sites (N-methyl/N-ethyl adjacent to an activating group) is 1. The van der Waals surface area contributed by atoms with E-state index in [1.807, 2.05) is 35.1 Å². The van der Waals surface area contributed by atoms with Crippen LogP contribution in [0.25, 0.3) is 10.2 Å². The van der Waals surface area contributed by atoms with Crippen molar-refractivity contribution in [3.05, 3.63) is 95.0 Å². The monoisotopic (exact) mass is 599 g/mol. The van der Waals surface area contributed by atoms with Gasteiger partial charge in [-0.15, -0.1) is 11.3 Å². The standard InChI is InChI=1S/C28H27F2N5O4S2/c1-34(22-9-10-26-23(16-22)31-17-40-26)27(36)24(14-18-12-20(29)15-21(30)13-18)32-28(37)33-41(38,39)35-11-5-8-25(35)19-6-3-2-4-7-19/h2-4,6-7,9-10,12-13,15-17,24-25H,5,8,11,14H2,1H3,(H2,32,33,37)/t24-,25?/m0/s1. The van der Waals surface area contributed by atoms with Crippen molar-refractivity contribution in [1.82, 2.24) is 19.3 Å². The molecular weight excluding hydrogens is 572 g/mol. The first-order valence-corrected chi connectivity index (χ1v) is 15.1. The molecular formula is C28H27F2N5O4S2. The largest absolute Gasteiger partial charge is 0.330 e. The smallest absolute Gasteiger partial charge is 0.325 e. The summed E-state index contributed by atoms with van der Waals surface area (Å²) in [6.45, 7) is 0.217. The van der Waals surface area contributed by atoms with Gasteiger partial charge in [0.05, 0.1) is 21.8 Å². The quantitative estimate of drug-likeness (QED) is 0.309. The fraction of sp³-hybridized carbons (Fsp3) is 0.250. The van der Waals surface area contributed by atoms with Gasteiger partial charge in [0.1, 0.15) is 17.7 Å². The third-order valence-corrected chi connectivity index (χ3v) is 9.22. The van der Waals surface area contributed by atoms with E-state index in [1.54, 1.807) is 23.7 Å². The van der Waals surface area contributed by atoms with Crippen LogP contribution in [-0.2, 0) is 21.4 Å². The highest BCUT2D eigenvalue weighted by Crippen LogP contribution is 2.33. The molecule has 1 aliphatic heterocycles. The van der Waals surface area contributed by atoms with E-state index in [0.717, 1.165) is 22.4 Å². The molecule has 41 heavy (non-hydrogen) atoms. The Morgan fingerprint density at radius 1 is 1.10 bits per heavy atom. The number of nitrogens with one attached hydrogen (secondary N) is 2. The van der Waals surface area contributed by atoms with Crippen LogP contribution in [0.2, 0.25) is 0 Å². The van der Waals surface area contributed by atoms with Crippen LogP contribution in [-0.4, -0.2) is 49.3 Å². The zero-order valence-electron chi connectivity index (χ0n) is 22.0. The predicted octanol–water partition coefficient (Wildman–Crippen LogP) is 4.53. The number of fused-ring (bicyclic) bond motifs is 1. The molecule has 3 amide bonds. The van der Waals surface area contributed by atoms with Crippen LogP contribution < -0.4 is 14.9 Å². The average molecular weight is 600 g/mol. The first-order chi connectivity index (χ1) is 19.6. The molecule has 4 aromatic rings. The van der Waals surface area contributed by atoms with Gasteiger partial charge in [-0.25, -0.2) is 23.3 Å². The minimum absolute atomic E-state index is 0.107. The Morgan fingerprint density at radius 3 is 2.56 bits per heavy atom. The van der Waals surface area contributed by atoms with Crippen molar-refractivity contribution in [3.8, 4) is 0 Å². The van der Waals surface area contributed by atoms with Crippen molar-refractivity contribution in [3.63, 3.8) is 0 Å². The molecule has 1 unspecified atom stereocenters. The van der Waals surface area contributed by atoms with Gasteiger partial charge < -0.3 is 10.2 Å². The van der Waals surface area contributed by atoms with Crippen molar-refractivity contribution in [2.75, 3.05) is 18.5 Å². The molecule has 3 aromatic carbocycles. The maximum Gasteiger partial charge on any atom is 0.330 e. The van der Waals surface area contributed by atoms with E-state index in [0.29, 0.717) is 30.1 Å². The second-order valence-electron chi connectivity index (χ2n) is 9.70. The van der Waals surface area contributed by atoms with Crippen LogP contribution in [0.3, 0.4) is 0 Å². The van der Waals surface area contributed by atoms with E-state index in [-0.39, 0.29) is 18.5 Å². The van der Waals surface area contributed by atoms with E-state index in [9.17, 15) is 26.8 Å².